The van der Waals surface area contributed by atoms with Crippen molar-refractivity contribution in [1.82, 2.24) is 15.1 Å². The van der Waals surface area contributed by atoms with E-state index in [1.54, 1.807) is 7.05 Å². The number of hydrogen-bond acceptors (Lipinski definition) is 4. The lowest BCUT2D eigenvalue weighted by Crippen LogP contribution is -2.29. The van der Waals surface area contributed by atoms with Gasteiger partial charge in [-0.1, -0.05) is 0 Å². The summed E-state index contributed by atoms with van der Waals surface area (Å²) in [5.74, 6) is 0.538. The van der Waals surface area contributed by atoms with Crippen LogP contribution in [-0.4, -0.2) is 35.4 Å². The van der Waals surface area contributed by atoms with Crippen LogP contribution in [0.2, 0.25) is 0 Å². The van der Waals surface area contributed by atoms with Crippen molar-refractivity contribution in [3.8, 4) is 0 Å². The van der Waals surface area contributed by atoms with Gasteiger partial charge in [0.15, 0.2) is 0 Å². The molecule has 1 aromatic rings. The zero-order valence-corrected chi connectivity index (χ0v) is 9.98. The van der Waals surface area contributed by atoms with E-state index in [9.17, 15) is 4.79 Å². The summed E-state index contributed by atoms with van der Waals surface area (Å²) in [6.07, 6.45) is 4.02. The molecule has 1 amide bonds. The van der Waals surface area contributed by atoms with Crippen LogP contribution in [0, 0.1) is 5.92 Å². The molecule has 1 aliphatic carbocycles. The van der Waals surface area contributed by atoms with E-state index < -0.39 is 0 Å². The molecule has 1 aliphatic rings. The van der Waals surface area contributed by atoms with Gasteiger partial charge in [0.1, 0.15) is 5.69 Å². The van der Waals surface area contributed by atoms with Crippen molar-refractivity contribution in [3.05, 3.63) is 11.9 Å². The molecular weight excluding hydrogens is 220 g/mol. The number of aromatic nitrogens is 2. The first-order valence-corrected chi connectivity index (χ1v) is 5.82. The molecule has 0 saturated heterocycles. The molecule has 0 aromatic carbocycles. The summed E-state index contributed by atoms with van der Waals surface area (Å²) in [5.41, 5.74) is 6.43. The molecule has 1 fully saturated rings. The lowest BCUT2D eigenvalue weighted by molar-refractivity contribution is 0.0898. The normalized spacial score (nSPS) is 14.9. The summed E-state index contributed by atoms with van der Waals surface area (Å²) < 4.78 is 6.89. The zero-order chi connectivity index (χ0) is 12.3. The number of carbonyl (C=O) groups is 1. The highest BCUT2D eigenvalue weighted by Gasteiger charge is 2.21. The van der Waals surface area contributed by atoms with Gasteiger partial charge in [0.2, 0.25) is 0 Å². The molecule has 1 saturated carbocycles. The van der Waals surface area contributed by atoms with E-state index in [0.29, 0.717) is 24.5 Å². The lowest BCUT2D eigenvalue weighted by Gasteiger charge is -2.06. The predicted octanol–water partition coefficient (Wildman–Crippen LogP) is 0.159. The maximum Gasteiger partial charge on any atom is 0.271 e. The van der Waals surface area contributed by atoms with Crippen molar-refractivity contribution < 1.29 is 9.53 Å². The first-order valence-electron chi connectivity index (χ1n) is 5.82. The number of rotatable bonds is 6. The summed E-state index contributed by atoms with van der Waals surface area (Å²) in [6.45, 7) is 1.85. The third-order valence-corrected chi connectivity index (χ3v) is 2.76. The Balaban J connectivity index is 1.69. The number of aryl methyl sites for hydroxylation is 1. The lowest BCUT2D eigenvalue weighted by atomic mass is 10.3. The largest absolute Gasteiger partial charge is 0.396 e. The molecule has 17 heavy (non-hydrogen) atoms. The SMILES string of the molecule is Cn1ncc(N)c1C(=O)NCCOCC1CC1. The van der Waals surface area contributed by atoms with Gasteiger partial charge in [-0.3, -0.25) is 9.48 Å². The van der Waals surface area contributed by atoms with Crippen LogP contribution in [0.4, 0.5) is 5.69 Å². The fourth-order valence-electron chi connectivity index (χ4n) is 1.59. The van der Waals surface area contributed by atoms with Gasteiger partial charge in [0.05, 0.1) is 18.5 Å². The molecule has 1 heterocycles. The maximum atomic E-state index is 11.7. The van der Waals surface area contributed by atoms with Crippen LogP contribution in [0.5, 0.6) is 0 Å². The van der Waals surface area contributed by atoms with E-state index in [1.165, 1.54) is 23.7 Å². The molecule has 0 atom stereocenters. The molecule has 94 valence electrons. The summed E-state index contributed by atoms with van der Waals surface area (Å²) in [6, 6.07) is 0. The third kappa shape index (κ3) is 3.20. The molecule has 0 aliphatic heterocycles. The monoisotopic (exact) mass is 238 g/mol. The number of nitrogens with two attached hydrogens (primary N) is 1. The quantitative estimate of drug-likeness (QED) is 0.692. The van der Waals surface area contributed by atoms with E-state index in [2.05, 4.69) is 10.4 Å². The fourth-order valence-corrected chi connectivity index (χ4v) is 1.59. The average molecular weight is 238 g/mol. The number of ether oxygens (including phenoxy) is 1. The molecule has 1 aromatic heterocycles. The minimum atomic E-state index is -0.211. The van der Waals surface area contributed by atoms with Crippen LogP contribution in [0.15, 0.2) is 6.20 Å². The fraction of sp³-hybridized carbons (Fsp3) is 0.636. The van der Waals surface area contributed by atoms with Gasteiger partial charge in [-0.15, -0.1) is 0 Å². The van der Waals surface area contributed by atoms with Crippen molar-refractivity contribution in [3.63, 3.8) is 0 Å². The van der Waals surface area contributed by atoms with Crippen molar-refractivity contribution in [2.45, 2.75) is 12.8 Å². The van der Waals surface area contributed by atoms with Gasteiger partial charge in [-0.25, -0.2) is 0 Å². The topological polar surface area (TPSA) is 82.2 Å². The highest BCUT2D eigenvalue weighted by molar-refractivity contribution is 5.97. The second-order valence-electron chi connectivity index (χ2n) is 4.35. The summed E-state index contributed by atoms with van der Waals surface area (Å²) >= 11 is 0. The van der Waals surface area contributed by atoms with Gasteiger partial charge >= 0.3 is 0 Å². The van der Waals surface area contributed by atoms with Crippen molar-refractivity contribution in [2.75, 3.05) is 25.5 Å². The Morgan fingerprint density at radius 3 is 3.06 bits per heavy atom. The zero-order valence-electron chi connectivity index (χ0n) is 9.98. The Bertz CT molecular complexity index is 379. The van der Waals surface area contributed by atoms with Crippen LogP contribution >= 0.6 is 0 Å². The maximum absolute atomic E-state index is 11.7. The smallest absolute Gasteiger partial charge is 0.271 e. The summed E-state index contributed by atoms with van der Waals surface area (Å²) in [7, 11) is 1.69. The highest BCUT2D eigenvalue weighted by Crippen LogP contribution is 2.28. The molecule has 0 bridgehead atoms. The number of carbonyl (C=O) groups excluding carboxylic acids is 1. The molecule has 6 heteroatoms. The molecule has 0 unspecified atom stereocenters. The van der Waals surface area contributed by atoms with E-state index in [-0.39, 0.29) is 5.91 Å². The van der Waals surface area contributed by atoms with Gasteiger partial charge < -0.3 is 15.8 Å². The van der Waals surface area contributed by atoms with Crippen LogP contribution in [0.3, 0.4) is 0 Å². The Morgan fingerprint density at radius 1 is 1.71 bits per heavy atom. The Morgan fingerprint density at radius 2 is 2.47 bits per heavy atom. The Labute approximate surface area is 100 Å². The minimum Gasteiger partial charge on any atom is -0.396 e. The Hall–Kier alpha value is -1.56. The number of nitrogens with one attached hydrogen (secondary N) is 1. The van der Waals surface area contributed by atoms with Crippen molar-refractivity contribution in [2.24, 2.45) is 13.0 Å². The van der Waals surface area contributed by atoms with Crippen LogP contribution in [0.1, 0.15) is 23.3 Å². The van der Waals surface area contributed by atoms with E-state index in [4.69, 9.17) is 10.5 Å². The van der Waals surface area contributed by atoms with Crippen LogP contribution in [0.25, 0.3) is 0 Å². The summed E-state index contributed by atoms with van der Waals surface area (Å²) in [5, 5.41) is 6.67. The average Bonchev–Trinajstić information content (AvgIpc) is 3.04. The number of amides is 1. The molecule has 6 nitrogen and oxygen atoms in total. The minimum absolute atomic E-state index is 0.211. The van der Waals surface area contributed by atoms with Crippen molar-refractivity contribution in [1.29, 1.82) is 0 Å². The van der Waals surface area contributed by atoms with Crippen LogP contribution in [-0.2, 0) is 11.8 Å². The van der Waals surface area contributed by atoms with Gasteiger partial charge in [0, 0.05) is 20.2 Å². The predicted molar refractivity (Wildman–Crippen MR) is 63.5 cm³/mol. The van der Waals surface area contributed by atoms with Gasteiger partial charge in [-0.05, 0) is 18.8 Å². The van der Waals surface area contributed by atoms with E-state index in [1.807, 2.05) is 0 Å². The molecule has 0 spiro atoms. The molecular formula is C11H18N4O2. The van der Waals surface area contributed by atoms with Crippen molar-refractivity contribution >= 4 is 11.6 Å². The first-order chi connectivity index (χ1) is 8.18. The number of anilines is 1. The second-order valence-corrected chi connectivity index (χ2v) is 4.35. The van der Waals surface area contributed by atoms with E-state index in [0.717, 1.165) is 12.5 Å². The standard InChI is InChI=1S/C11H18N4O2/c1-15-10(9(12)6-14-15)11(16)13-4-5-17-7-8-2-3-8/h6,8H,2-5,7,12H2,1H3,(H,13,16). The number of hydrogen-bond donors (Lipinski definition) is 2. The Kier molecular flexibility index (Phi) is 3.63. The molecule has 0 radical (unpaired) electrons. The molecule has 3 N–H and O–H groups in total. The second kappa shape index (κ2) is 5.18. The van der Waals surface area contributed by atoms with Crippen LogP contribution < -0.4 is 11.1 Å². The van der Waals surface area contributed by atoms with Gasteiger partial charge in [0.25, 0.3) is 5.91 Å². The van der Waals surface area contributed by atoms with E-state index >= 15 is 0 Å². The molecule has 2 rings (SSSR count). The highest BCUT2D eigenvalue weighted by atomic mass is 16.5. The third-order valence-electron chi connectivity index (χ3n) is 2.76. The van der Waals surface area contributed by atoms with Gasteiger partial charge in [-0.2, -0.15) is 5.10 Å². The first kappa shape index (κ1) is 11.9. The number of nitrogen functional groups attached to an aromatic ring is 1. The number of nitrogens with zero attached hydrogens (tertiary/aromatic N) is 2. The summed E-state index contributed by atoms with van der Waals surface area (Å²) in [4.78, 5) is 11.7.